The van der Waals surface area contributed by atoms with Crippen LogP contribution >= 0.6 is 15.9 Å². The van der Waals surface area contributed by atoms with Crippen molar-refractivity contribution in [3.05, 3.63) is 28.7 Å². The van der Waals surface area contributed by atoms with E-state index in [2.05, 4.69) is 31.5 Å². The Morgan fingerprint density at radius 2 is 1.82 bits per heavy atom. The molecule has 0 unspecified atom stereocenters. The van der Waals surface area contributed by atoms with E-state index in [0.717, 1.165) is 17.4 Å². The minimum atomic E-state index is -0.870. The predicted octanol–water partition coefficient (Wildman–Crippen LogP) is 2.24. The van der Waals surface area contributed by atoms with Crippen molar-refractivity contribution in [3.63, 3.8) is 0 Å². The maximum absolute atomic E-state index is 12.4. The average Bonchev–Trinajstić information content (AvgIpc) is 3.27. The molecule has 0 atom stereocenters. The average molecular weight is 368 g/mol. The van der Waals surface area contributed by atoms with Crippen LogP contribution in [0.25, 0.3) is 0 Å². The van der Waals surface area contributed by atoms with Crippen molar-refractivity contribution in [2.24, 2.45) is 5.41 Å². The van der Waals surface area contributed by atoms with Crippen molar-refractivity contribution < 1.29 is 9.59 Å². The maximum atomic E-state index is 12.4. The molecule has 0 saturated heterocycles. The molecule has 1 aliphatic carbocycles. The van der Waals surface area contributed by atoms with Crippen LogP contribution in [0.1, 0.15) is 19.3 Å². The molecule has 0 bridgehead atoms. The molecule has 22 heavy (non-hydrogen) atoms. The molecule has 0 radical (unpaired) electrons. The van der Waals surface area contributed by atoms with Gasteiger partial charge in [-0.15, -0.1) is 0 Å². The molecule has 120 valence electrons. The number of nitrogens with zero attached hydrogens (tertiary/aromatic N) is 1. The second-order valence-electron chi connectivity index (χ2n) is 5.96. The Bertz CT molecular complexity index is 539. The second-order valence-corrected chi connectivity index (χ2v) is 6.87. The zero-order valence-corrected chi connectivity index (χ0v) is 14.6. The van der Waals surface area contributed by atoms with Crippen molar-refractivity contribution in [2.75, 3.05) is 32.5 Å². The highest BCUT2D eigenvalue weighted by molar-refractivity contribution is 9.10. The number of benzene rings is 1. The Morgan fingerprint density at radius 3 is 2.36 bits per heavy atom. The van der Waals surface area contributed by atoms with E-state index in [-0.39, 0.29) is 11.8 Å². The summed E-state index contributed by atoms with van der Waals surface area (Å²) >= 11 is 3.35. The third-order valence-corrected chi connectivity index (χ3v) is 4.32. The van der Waals surface area contributed by atoms with E-state index in [1.54, 1.807) is 0 Å². The lowest BCUT2D eigenvalue weighted by molar-refractivity contribution is -0.134. The van der Waals surface area contributed by atoms with Crippen LogP contribution in [0.15, 0.2) is 28.7 Å². The van der Waals surface area contributed by atoms with Crippen LogP contribution in [0.5, 0.6) is 0 Å². The van der Waals surface area contributed by atoms with Gasteiger partial charge < -0.3 is 15.5 Å². The standard InChI is InChI=1S/C16H22BrN3O2/c1-20(2)11-3-10-18-14(21)16(8-9-16)15(22)19-13-6-4-12(17)5-7-13/h4-7H,3,8-11H2,1-2H3,(H,18,21)(H,19,22). The van der Waals surface area contributed by atoms with E-state index in [0.29, 0.717) is 25.1 Å². The lowest BCUT2D eigenvalue weighted by atomic mass is 10.0. The topological polar surface area (TPSA) is 61.4 Å². The number of halogens is 1. The SMILES string of the molecule is CN(C)CCCNC(=O)C1(C(=O)Nc2ccc(Br)cc2)CC1. The van der Waals surface area contributed by atoms with Crippen molar-refractivity contribution in [3.8, 4) is 0 Å². The summed E-state index contributed by atoms with van der Waals surface area (Å²) < 4.78 is 0.949. The Balaban J connectivity index is 1.85. The first-order valence-electron chi connectivity index (χ1n) is 7.44. The van der Waals surface area contributed by atoms with Gasteiger partial charge in [0.2, 0.25) is 11.8 Å². The zero-order valence-electron chi connectivity index (χ0n) is 13.0. The van der Waals surface area contributed by atoms with Gasteiger partial charge in [0.1, 0.15) is 5.41 Å². The number of hydrogen-bond donors (Lipinski definition) is 2. The third-order valence-electron chi connectivity index (χ3n) is 3.79. The molecule has 5 nitrogen and oxygen atoms in total. The maximum Gasteiger partial charge on any atom is 0.240 e. The van der Waals surface area contributed by atoms with Crippen LogP contribution in [0.2, 0.25) is 0 Å². The van der Waals surface area contributed by atoms with Gasteiger partial charge >= 0.3 is 0 Å². The van der Waals surface area contributed by atoms with Crippen LogP contribution in [-0.4, -0.2) is 43.9 Å². The van der Waals surface area contributed by atoms with Gasteiger partial charge in [-0.25, -0.2) is 0 Å². The number of anilines is 1. The Morgan fingerprint density at radius 1 is 1.18 bits per heavy atom. The molecule has 1 aromatic rings. The van der Waals surface area contributed by atoms with Crippen LogP contribution in [0.4, 0.5) is 5.69 Å². The van der Waals surface area contributed by atoms with Gasteiger partial charge in [0.15, 0.2) is 0 Å². The lowest BCUT2D eigenvalue weighted by Gasteiger charge is -2.16. The molecule has 6 heteroatoms. The van der Waals surface area contributed by atoms with Crippen molar-refractivity contribution in [1.29, 1.82) is 0 Å². The molecule has 1 fully saturated rings. The first kappa shape index (κ1) is 17.0. The summed E-state index contributed by atoms with van der Waals surface area (Å²) in [7, 11) is 3.99. The minimum absolute atomic E-state index is 0.152. The summed E-state index contributed by atoms with van der Waals surface area (Å²) in [5, 5.41) is 5.72. The fourth-order valence-corrected chi connectivity index (χ4v) is 2.50. The molecule has 2 N–H and O–H groups in total. The molecule has 2 amide bonds. The molecule has 1 aliphatic rings. The molecule has 0 aliphatic heterocycles. The predicted molar refractivity (Wildman–Crippen MR) is 90.6 cm³/mol. The van der Waals surface area contributed by atoms with E-state index in [9.17, 15) is 9.59 Å². The fraction of sp³-hybridized carbons (Fsp3) is 0.500. The van der Waals surface area contributed by atoms with E-state index < -0.39 is 5.41 Å². The first-order chi connectivity index (χ1) is 10.4. The molecule has 0 spiro atoms. The normalized spacial score (nSPS) is 15.5. The van der Waals surface area contributed by atoms with Crippen LogP contribution < -0.4 is 10.6 Å². The van der Waals surface area contributed by atoms with Gasteiger partial charge in [0.25, 0.3) is 0 Å². The summed E-state index contributed by atoms with van der Waals surface area (Å²) in [6.45, 7) is 1.52. The van der Waals surface area contributed by atoms with Crippen molar-refractivity contribution in [1.82, 2.24) is 10.2 Å². The molecule has 2 rings (SSSR count). The lowest BCUT2D eigenvalue weighted by Crippen LogP contribution is -2.40. The summed E-state index contributed by atoms with van der Waals surface area (Å²) in [5.41, 5.74) is -0.162. The Hall–Kier alpha value is -1.40. The summed E-state index contributed by atoms with van der Waals surface area (Å²) in [6.07, 6.45) is 2.12. The van der Waals surface area contributed by atoms with Gasteiger partial charge in [-0.2, -0.15) is 0 Å². The number of nitrogens with one attached hydrogen (secondary N) is 2. The number of amides is 2. The zero-order chi connectivity index (χ0) is 16.2. The number of carbonyl (C=O) groups excluding carboxylic acids is 2. The van der Waals surface area contributed by atoms with Crippen molar-refractivity contribution in [2.45, 2.75) is 19.3 Å². The number of hydrogen-bond acceptors (Lipinski definition) is 3. The van der Waals surface area contributed by atoms with Gasteiger partial charge in [-0.05, 0) is 64.2 Å². The monoisotopic (exact) mass is 367 g/mol. The fourth-order valence-electron chi connectivity index (χ4n) is 2.23. The summed E-state index contributed by atoms with van der Waals surface area (Å²) in [5.74, 6) is -0.360. The molecule has 1 saturated carbocycles. The van der Waals surface area contributed by atoms with E-state index in [1.807, 2.05) is 38.4 Å². The number of carbonyl (C=O) groups is 2. The molecule has 0 aromatic heterocycles. The van der Waals surface area contributed by atoms with Gasteiger partial charge in [-0.3, -0.25) is 9.59 Å². The molecular weight excluding hydrogens is 346 g/mol. The summed E-state index contributed by atoms with van der Waals surface area (Å²) in [4.78, 5) is 26.7. The van der Waals surface area contributed by atoms with Crippen LogP contribution in [-0.2, 0) is 9.59 Å². The smallest absolute Gasteiger partial charge is 0.240 e. The largest absolute Gasteiger partial charge is 0.355 e. The van der Waals surface area contributed by atoms with Gasteiger partial charge in [-0.1, -0.05) is 15.9 Å². The van der Waals surface area contributed by atoms with Crippen LogP contribution in [0, 0.1) is 5.41 Å². The quantitative estimate of drug-likeness (QED) is 0.573. The van der Waals surface area contributed by atoms with E-state index in [1.165, 1.54) is 0 Å². The van der Waals surface area contributed by atoms with Gasteiger partial charge in [0.05, 0.1) is 0 Å². The summed E-state index contributed by atoms with van der Waals surface area (Å²) in [6, 6.07) is 7.34. The second kappa shape index (κ2) is 7.24. The number of rotatable bonds is 7. The van der Waals surface area contributed by atoms with Gasteiger partial charge in [0, 0.05) is 16.7 Å². The molecule has 1 aromatic carbocycles. The molecule has 0 heterocycles. The highest BCUT2D eigenvalue weighted by Gasteiger charge is 2.56. The highest BCUT2D eigenvalue weighted by Crippen LogP contribution is 2.46. The van der Waals surface area contributed by atoms with Crippen LogP contribution in [0.3, 0.4) is 0 Å². The van der Waals surface area contributed by atoms with Crippen molar-refractivity contribution >= 4 is 33.4 Å². The Labute approximate surface area is 139 Å². The third kappa shape index (κ3) is 4.30. The first-order valence-corrected chi connectivity index (χ1v) is 8.23. The van der Waals surface area contributed by atoms with E-state index >= 15 is 0 Å². The highest BCUT2D eigenvalue weighted by atomic mass is 79.9. The Kier molecular flexibility index (Phi) is 5.58. The molecular formula is C16H22BrN3O2. The van der Waals surface area contributed by atoms with E-state index in [4.69, 9.17) is 0 Å². The minimum Gasteiger partial charge on any atom is -0.355 e.